The van der Waals surface area contributed by atoms with E-state index in [1.165, 1.54) is 18.5 Å². The standard InChI is InChI=1S/C29H27F2N7O3/c30-21-4-1-5-22(24(21)31)41-19-10-8-17(9-11-19)25-23-26(32)34-15-35-28(23)38(36-25)18-3-2-12-37(14-18)29(40)20(27(33)39)13-16-6-7-16/h1,4-5,8-11,13,15-16,18H,2-3,6-7,12,14H2,(H2,33,39)(H2,32,34,35)/b20-13+/t18-/m1/s1. The molecular formula is C29H27F2N7O3. The minimum absolute atomic E-state index is 0.0335. The van der Waals surface area contributed by atoms with Gasteiger partial charge in [-0.3, -0.25) is 9.59 Å². The van der Waals surface area contributed by atoms with Gasteiger partial charge in [-0.1, -0.05) is 12.1 Å². The zero-order chi connectivity index (χ0) is 28.7. The van der Waals surface area contributed by atoms with Crippen LogP contribution in [0.2, 0.25) is 0 Å². The summed E-state index contributed by atoms with van der Waals surface area (Å²) in [7, 11) is 0. The van der Waals surface area contributed by atoms with E-state index in [9.17, 15) is 18.4 Å². The quantitative estimate of drug-likeness (QED) is 0.197. The molecule has 2 aromatic heterocycles. The average Bonchev–Trinajstić information content (AvgIpc) is 3.71. The maximum absolute atomic E-state index is 14.1. The van der Waals surface area contributed by atoms with Crippen molar-refractivity contribution < 1.29 is 23.1 Å². The molecule has 2 aliphatic rings. The molecule has 1 saturated heterocycles. The molecule has 2 amide bonds. The third kappa shape index (κ3) is 5.20. The summed E-state index contributed by atoms with van der Waals surface area (Å²) in [5, 5.41) is 5.40. The molecule has 4 N–H and O–H groups in total. The van der Waals surface area contributed by atoms with Gasteiger partial charge < -0.3 is 21.1 Å². The van der Waals surface area contributed by atoms with Gasteiger partial charge in [0.2, 0.25) is 5.82 Å². The van der Waals surface area contributed by atoms with Crippen LogP contribution in [0.25, 0.3) is 22.3 Å². The molecule has 1 saturated carbocycles. The number of nitrogens with two attached hydrogens (primary N) is 2. The van der Waals surface area contributed by atoms with Gasteiger partial charge in [-0.15, -0.1) is 0 Å². The molecule has 0 bridgehead atoms. The molecule has 0 spiro atoms. The largest absolute Gasteiger partial charge is 0.454 e. The smallest absolute Gasteiger partial charge is 0.259 e. The molecule has 10 nitrogen and oxygen atoms in total. The lowest BCUT2D eigenvalue weighted by Crippen LogP contribution is -2.43. The molecule has 1 atom stereocenters. The maximum atomic E-state index is 14.1. The van der Waals surface area contributed by atoms with Crippen LogP contribution in [0.4, 0.5) is 14.6 Å². The highest BCUT2D eigenvalue weighted by Crippen LogP contribution is 2.36. The summed E-state index contributed by atoms with van der Waals surface area (Å²) in [5.41, 5.74) is 13.6. The minimum Gasteiger partial charge on any atom is -0.454 e. The van der Waals surface area contributed by atoms with Gasteiger partial charge in [-0.2, -0.15) is 9.49 Å². The van der Waals surface area contributed by atoms with Crippen LogP contribution in [0.3, 0.4) is 0 Å². The molecule has 3 heterocycles. The van der Waals surface area contributed by atoms with Crippen LogP contribution in [0, 0.1) is 17.6 Å². The maximum Gasteiger partial charge on any atom is 0.259 e. The second kappa shape index (κ2) is 10.6. The first kappa shape index (κ1) is 26.4. The molecule has 6 rings (SSSR count). The van der Waals surface area contributed by atoms with E-state index in [1.807, 2.05) is 0 Å². The molecule has 1 aliphatic carbocycles. The summed E-state index contributed by atoms with van der Waals surface area (Å²) in [5.74, 6) is -2.62. The molecule has 1 aliphatic heterocycles. The van der Waals surface area contributed by atoms with Crippen molar-refractivity contribution in [3.63, 3.8) is 0 Å². The van der Waals surface area contributed by atoms with Crippen LogP contribution in [0.15, 0.2) is 60.4 Å². The van der Waals surface area contributed by atoms with Crippen LogP contribution in [0.1, 0.15) is 31.7 Å². The number of nitrogen functional groups attached to an aromatic ring is 1. The van der Waals surface area contributed by atoms with Gasteiger partial charge in [0, 0.05) is 18.7 Å². The fraction of sp³-hybridized carbons (Fsp3) is 0.276. The van der Waals surface area contributed by atoms with Crippen molar-refractivity contribution in [2.24, 2.45) is 11.7 Å². The van der Waals surface area contributed by atoms with E-state index in [2.05, 4.69) is 9.97 Å². The highest BCUT2D eigenvalue weighted by molar-refractivity contribution is 6.17. The third-order valence-corrected chi connectivity index (χ3v) is 7.34. The van der Waals surface area contributed by atoms with Crippen LogP contribution in [0.5, 0.6) is 11.5 Å². The highest BCUT2D eigenvalue weighted by Gasteiger charge is 2.32. The monoisotopic (exact) mass is 559 g/mol. The fourth-order valence-electron chi connectivity index (χ4n) is 5.09. The first-order valence-electron chi connectivity index (χ1n) is 13.3. The number of carbonyl (C=O) groups excluding carboxylic acids is 2. The average molecular weight is 560 g/mol. The summed E-state index contributed by atoms with van der Waals surface area (Å²) < 4.78 is 34.9. The van der Waals surface area contributed by atoms with Gasteiger partial charge in [-0.05, 0) is 68.0 Å². The lowest BCUT2D eigenvalue weighted by Gasteiger charge is -2.33. The van der Waals surface area contributed by atoms with Crippen LogP contribution < -0.4 is 16.2 Å². The molecular weight excluding hydrogens is 532 g/mol. The number of hydrogen-bond acceptors (Lipinski definition) is 7. The Morgan fingerprint density at radius 1 is 1.05 bits per heavy atom. The summed E-state index contributed by atoms with van der Waals surface area (Å²) in [6.45, 7) is 0.821. The number of rotatable bonds is 7. The van der Waals surface area contributed by atoms with E-state index in [1.54, 1.807) is 39.9 Å². The Balaban J connectivity index is 1.30. The SMILES string of the molecule is NC(=O)/C(=C\C1CC1)C(=O)N1CCC[C@@H](n2nc(-c3ccc(Oc4cccc(F)c4F)cc3)c3c(N)ncnc32)C1. The van der Waals surface area contributed by atoms with E-state index in [-0.39, 0.29) is 35.0 Å². The van der Waals surface area contributed by atoms with Gasteiger partial charge in [-0.25, -0.2) is 19.0 Å². The zero-order valence-corrected chi connectivity index (χ0v) is 22.0. The fourth-order valence-corrected chi connectivity index (χ4v) is 5.09. The number of piperidine rings is 1. The highest BCUT2D eigenvalue weighted by atomic mass is 19.2. The van der Waals surface area contributed by atoms with Gasteiger partial charge in [0.1, 0.15) is 29.2 Å². The first-order valence-corrected chi connectivity index (χ1v) is 13.3. The van der Waals surface area contributed by atoms with E-state index in [0.717, 1.165) is 25.3 Å². The molecule has 0 radical (unpaired) electrons. The number of nitrogens with zero attached hydrogens (tertiary/aromatic N) is 5. The van der Waals surface area contributed by atoms with Crippen molar-refractivity contribution in [3.05, 3.63) is 72.1 Å². The summed E-state index contributed by atoms with van der Waals surface area (Å²) in [4.78, 5) is 35.5. The summed E-state index contributed by atoms with van der Waals surface area (Å²) >= 11 is 0. The molecule has 4 aromatic rings. The molecule has 41 heavy (non-hydrogen) atoms. The predicted octanol–water partition coefficient (Wildman–Crippen LogP) is 4.13. The van der Waals surface area contributed by atoms with Gasteiger partial charge in [0.25, 0.3) is 11.8 Å². The number of anilines is 1. The number of amides is 2. The zero-order valence-electron chi connectivity index (χ0n) is 22.0. The summed E-state index contributed by atoms with van der Waals surface area (Å²) in [6.07, 6.45) is 6.38. The summed E-state index contributed by atoms with van der Waals surface area (Å²) in [6, 6.07) is 10.2. The number of halogens is 2. The molecule has 2 aromatic carbocycles. The first-order chi connectivity index (χ1) is 19.8. The number of ether oxygens (including phenoxy) is 1. The van der Waals surface area contributed by atoms with Crippen molar-refractivity contribution in [1.29, 1.82) is 0 Å². The van der Waals surface area contributed by atoms with Crippen molar-refractivity contribution >= 4 is 28.7 Å². The van der Waals surface area contributed by atoms with E-state index < -0.39 is 17.5 Å². The number of carbonyl (C=O) groups is 2. The molecule has 210 valence electrons. The van der Waals surface area contributed by atoms with Crippen LogP contribution >= 0.6 is 0 Å². The predicted molar refractivity (Wildman–Crippen MR) is 146 cm³/mol. The number of hydrogen-bond donors (Lipinski definition) is 2. The Labute approximate surface area is 233 Å². The Morgan fingerprint density at radius 2 is 1.83 bits per heavy atom. The van der Waals surface area contributed by atoms with Crippen molar-refractivity contribution in [2.45, 2.75) is 31.7 Å². The van der Waals surface area contributed by atoms with E-state index >= 15 is 0 Å². The number of likely N-dealkylation sites (tertiary alicyclic amines) is 1. The second-order valence-corrected chi connectivity index (χ2v) is 10.3. The van der Waals surface area contributed by atoms with Crippen LogP contribution in [-0.2, 0) is 9.59 Å². The van der Waals surface area contributed by atoms with Gasteiger partial charge >= 0.3 is 0 Å². The number of fused-ring (bicyclic) bond motifs is 1. The Kier molecular flexibility index (Phi) is 6.82. The van der Waals surface area contributed by atoms with E-state index in [4.69, 9.17) is 21.3 Å². The molecule has 12 heteroatoms. The minimum atomic E-state index is -1.07. The number of aromatic nitrogens is 4. The van der Waals surface area contributed by atoms with Gasteiger partial charge in [0.15, 0.2) is 17.2 Å². The number of primary amides is 1. The van der Waals surface area contributed by atoms with Gasteiger partial charge in [0.05, 0.1) is 11.4 Å². The Morgan fingerprint density at radius 3 is 2.56 bits per heavy atom. The Hall–Kier alpha value is -4.87. The van der Waals surface area contributed by atoms with Crippen molar-refractivity contribution in [2.75, 3.05) is 18.8 Å². The normalized spacial score (nSPS) is 17.6. The molecule has 2 fully saturated rings. The van der Waals surface area contributed by atoms with Crippen molar-refractivity contribution in [3.8, 4) is 22.8 Å². The number of allylic oxidation sites excluding steroid dienone is 1. The van der Waals surface area contributed by atoms with E-state index in [0.29, 0.717) is 47.6 Å². The van der Waals surface area contributed by atoms with Crippen LogP contribution in [-0.4, -0.2) is 49.6 Å². The van der Waals surface area contributed by atoms with Crippen molar-refractivity contribution in [1.82, 2.24) is 24.6 Å². The Bertz CT molecular complexity index is 1680. The number of benzene rings is 2. The second-order valence-electron chi connectivity index (χ2n) is 10.3. The topological polar surface area (TPSA) is 142 Å². The lowest BCUT2D eigenvalue weighted by atomic mass is 10.0. The lowest BCUT2D eigenvalue weighted by molar-refractivity contribution is -0.131. The molecule has 0 unspecified atom stereocenters. The third-order valence-electron chi connectivity index (χ3n) is 7.34.